The number of β-lactam (4-membered cyclic amide) rings is 1. The molecule has 1 fully saturated rings. The third kappa shape index (κ3) is 4.73. The summed E-state index contributed by atoms with van der Waals surface area (Å²) in [6, 6.07) is -0.979. The number of hydrogen-bond donors (Lipinski definition) is 3. The van der Waals surface area contributed by atoms with Gasteiger partial charge in [0.1, 0.15) is 18.5 Å². The van der Waals surface area contributed by atoms with Crippen molar-refractivity contribution in [1.82, 2.24) is 19.6 Å². The number of aromatic nitrogens is 3. The highest BCUT2D eigenvalue weighted by molar-refractivity contribution is 8.00. The molecule has 0 aliphatic carbocycles. The number of carboxylic acid groups (broad SMARTS) is 1. The number of carboxylic acids is 1. The molecule has 186 valence electrons. The summed E-state index contributed by atoms with van der Waals surface area (Å²) in [6.45, 7) is 2.17. The average Bonchev–Trinajstić information content (AvgIpc) is 3.41. The molecule has 2 aromatic heterocycles. The second kappa shape index (κ2) is 10.3. The van der Waals surface area contributed by atoms with E-state index < -0.39 is 29.2 Å². The van der Waals surface area contributed by atoms with E-state index in [4.69, 9.17) is 10.6 Å². The lowest BCUT2D eigenvalue weighted by atomic mass is 10.0. The Kier molecular flexibility index (Phi) is 7.34. The molecule has 1 saturated heterocycles. The first kappa shape index (κ1) is 25.0. The Morgan fingerprint density at radius 1 is 1.49 bits per heavy atom. The Balaban J connectivity index is 1.53. The summed E-state index contributed by atoms with van der Waals surface area (Å²) in [5, 5.41) is 26.9. The Morgan fingerprint density at radius 3 is 2.89 bits per heavy atom. The van der Waals surface area contributed by atoms with E-state index in [9.17, 15) is 24.6 Å². The van der Waals surface area contributed by atoms with Crippen LogP contribution in [0.4, 0.5) is 5.13 Å². The summed E-state index contributed by atoms with van der Waals surface area (Å²) in [7, 11) is 1.24. The van der Waals surface area contributed by atoms with Gasteiger partial charge < -0.3 is 30.9 Å². The Bertz CT molecular complexity index is 1240. The maximum absolute atomic E-state index is 12.9. The fourth-order valence-corrected chi connectivity index (χ4v) is 6.52. The molecule has 0 aromatic carbocycles. The molecule has 0 saturated carbocycles. The number of aliphatic hydroxyl groups excluding tert-OH is 1. The zero-order valence-corrected chi connectivity index (χ0v) is 21.0. The van der Waals surface area contributed by atoms with Crippen LogP contribution in [0.3, 0.4) is 0 Å². The van der Waals surface area contributed by atoms with Crippen molar-refractivity contribution in [2.45, 2.75) is 31.3 Å². The topological polar surface area (TPSA) is 187 Å². The monoisotopic (exact) mass is 539 g/mol. The molecule has 2 aliphatic rings. The smallest absolute Gasteiger partial charge is 0.278 e. The van der Waals surface area contributed by atoms with E-state index in [0.717, 1.165) is 27.0 Å². The van der Waals surface area contributed by atoms with Gasteiger partial charge in [0.25, 0.3) is 11.8 Å². The zero-order chi connectivity index (χ0) is 25.3. The fourth-order valence-electron chi connectivity index (χ4n) is 3.76. The molecule has 4 rings (SSSR count). The van der Waals surface area contributed by atoms with Crippen LogP contribution in [-0.4, -0.2) is 73.7 Å². The van der Waals surface area contributed by atoms with Crippen LogP contribution in [0.25, 0.3) is 0 Å². The first-order valence-corrected chi connectivity index (χ1v) is 12.9. The van der Waals surface area contributed by atoms with E-state index in [0.29, 0.717) is 17.7 Å². The van der Waals surface area contributed by atoms with Gasteiger partial charge in [0.2, 0.25) is 17.0 Å². The number of anilines is 1. The number of carbonyl (C=O) groups is 3. The largest absolute Gasteiger partial charge is 0.543 e. The number of aliphatic hydroxyl groups is 1. The molecule has 13 nitrogen and oxygen atoms in total. The third-order valence-corrected chi connectivity index (χ3v) is 8.46. The minimum atomic E-state index is -1.46. The lowest BCUT2D eigenvalue weighted by Gasteiger charge is -2.50. The van der Waals surface area contributed by atoms with Crippen LogP contribution in [0, 0.1) is 6.92 Å². The number of nitrogens with two attached hydrogens (primary N) is 1. The van der Waals surface area contributed by atoms with Gasteiger partial charge in [-0.1, -0.05) is 16.5 Å². The number of nitrogens with zero attached hydrogens (tertiary/aromatic N) is 5. The van der Waals surface area contributed by atoms with E-state index in [1.807, 2.05) is 17.0 Å². The van der Waals surface area contributed by atoms with E-state index in [1.165, 1.54) is 30.2 Å². The number of nitrogen functional groups attached to an aromatic ring is 1. The molecule has 4 N–H and O–H groups in total. The lowest BCUT2D eigenvalue weighted by Crippen LogP contribution is -2.71. The Hall–Kier alpha value is -3.08. The van der Waals surface area contributed by atoms with Crippen molar-refractivity contribution in [3.05, 3.63) is 33.2 Å². The van der Waals surface area contributed by atoms with Crippen molar-refractivity contribution in [3.63, 3.8) is 0 Å². The number of thiazole rings is 1. The number of amides is 2. The maximum Gasteiger partial charge on any atom is 0.278 e. The van der Waals surface area contributed by atoms with Crippen LogP contribution in [0.15, 0.2) is 21.9 Å². The van der Waals surface area contributed by atoms with Gasteiger partial charge in [-0.3, -0.25) is 14.5 Å². The highest BCUT2D eigenvalue weighted by Crippen LogP contribution is 2.40. The molecular weight excluding hydrogens is 518 g/mol. The molecule has 4 heterocycles. The Morgan fingerprint density at radius 2 is 2.26 bits per heavy atom. The third-order valence-electron chi connectivity index (χ3n) is 5.44. The number of hydrogen-bond acceptors (Lipinski definition) is 13. The molecule has 16 heteroatoms. The molecule has 2 amide bonds. The predicted molar refractivity (Wildman–Crippen MR) is 125 cm³/mol. The van der Waals surface area contributed by atoms with E-state index in [2.05, 4.69) is 19.8 Å². The molecule has 0 radical (unpaired) electrons. The molecule has 0 bridgehead atoms. The molecule has 2 atom stereocenters. The van der Waals surface area contributed by atoms with Gasteiger partial charge in [-0.15, -0.1) is 11.8 Å². The highest BCUT2D eigenvalue weighted by Gasteiger charge is 2.53. The number of nitrogens with one attached hydrogen (secondary N) is 1. The number of aliphatic carboxylic acids is 1. The lowest BCUT2D eigenvalue weighted by molar-refractivity contribution is -0.690. The van der Waals surface area contributed by atoms with E-state index in [-0.39, 0.29) is 35.5 Å². The van der Waals surface area contributed by atoms with Crippen molar-refractivity contribution in [1.29, 1.82) is 0 Å². The highest BCUT2D eigenvalue weighted by atomic mass is 32.2. The van der Waals surface area contributed by atoms with Crippen LogP contribution in [0.1, 0.15) is 16.4 Å². The van der Waals surface area contributed by atoms with Crippen molar-refractivity contribution in [2.24, 2.45) is 5.16 Å². The number of fused-ring (bicyclic) bond motifs is 1. The van der Waals surface area contributed by atoms with Gasteiger partial charge in [-0.25, -0.2) is 0 Å². The van der Waals surface area contributed by atoms with Crippen molar-refractivity contribution in [2.75, 3.05) is 25.2 Å². The van der Waals surface area contributed by atoms with Gasteiger partial charge in [-0.2, -0.15) is 13.9 Å². The Labute approximate surface area is 211 Å². The van der Waals surface area contributed by atoms with Crippen LogP contribution >= 0.6 is 34.6 Å². The zero-order valence-electron chi connectivity index (χ0n) is 18.6. The van der Waals surface area contributed by atoms with Gasteiger partial charge in [0.05, 0.1) is 16.5 Å². The maximum atomic E-state index is 12.9. The second-order valence-electron chi connectivity index (χ2n) is 7.51. The summed E-state index contributed by atoms with van der Waals surface area (Å²) >= 11 is 3.68. The summed E-state index contributed by atoms with van der Waals surface area (Å²) in [4.78, 5) is 48.5. The number of carbonyl (C=O) groups excluding carboxylic acids is 3. The average molecular weight is 540 g/mol. The van der Waals surface area contributed by atoms with E-state index >= 15 is 0 Å². The number of oxime groups is 1. The fraction of sp³-hybridized carbons (Fsp3) is 0.421. The van der Waals surface area contributed by atoms with Gasteiger partial charge in [0.15, 0.2) is 17.4 Å². The van der Waals surface area contributed by atoms with Crippen LogP contribution < -0.4 is 20.7 Å². The summed E-state index contributed by atoms with van der Waals surface area (Å²) < 4.78 is 5.82. The minimum Gasteiger partial charge on any atom is -0.543 e. The van der Waals surface area contributed by atoms with Gasteiger partial charge in [0, 0.05) is 42.8 Å². The summed E-state index contributed by atoms with van der Waals surface area (Å²) in [5.41, 5.74) is 8.42. The second-order valence-corrected chi connectivity index (χ2v) is 10.3. The molecule has 35 heavy (non-hydrogen) atoms. The molecule has 2 aromatic rings. The predicted octanol–water partition coefficient (Wildman–Crippen LogP) is -2.23. The van der Waals surface area contributed by atoms with Crippen molar-refractivity contribution >= 4 is 63.3 Å². The van der Waals surface area contributed by atoms with Crippen molar-refractivity contribution < 1.29 is 34.0 Å². The number of rotatable bonds is 9. The van der Waals surface area contributed by atoms with Crippen LogP contribution in [0.2, 0.25) is 0 Å². The number of thioether (sulfide) groups is 1. The minimum absolute atomic E-state index is 0.0178. The van der Waals surface area contributed by atoms with Crippen LogP contribution in [-0.2, 0) is 32.2 Å². The first-order valence-electron chi connectivity index (χ1n) is 10.2. The summed E-state index contributed by atoms with van der Waals surface area (Å²) in [5.74, 6) is -2.52. The standard InChI is InChI=1S/C19H21N7O6S3/c1-8-10(3-4-27)34-7-25(8)5-9-6-33-17-12(16(29)26(17)13(9)18(30)31)21-15(28)11(23-32-2)14-22-19(20)35-24-14/h7,12,17,27H,3-6H2,1-2H3,(H3-,20,21,22,24,28,30,31)/b23-11-/t12-,17-/m1/s1. The quantitative estimate of drug-likeness (QED) is 0.136. The van der Waals surface area contributed by atoms with E-state index in [1.54, 1.807) is 0 Å². The van der Waals surface area contributed by atoms with Crippen LogP contribution in [0.5, 0.6) is 0 Å². The van der Waals surface area contributed by atoms with Gasteiger partial charge in [-0.05, 0) is 0 Å². The molecule has 0 unspecified atom stereocenters. The molecular formula is C19H21N7O6S3. The summed E-state index contributed by atoms with van der Waals surface area (Å²) in [6.07, 6.45) is 0.510. The van der Waals surface area contributed by atoms with Gasteiger partial charge >= 0.3 is 0 Å². The molecule has 2 aliphatic heterocycles. The SMILES string of the molecule is CO/N=C(\C(=O)N[C@@H]1C(=O)N2C(C(=O)[O-])=C(C[n+]3csc(CCO)c3C)CS[C@H]12)c1nsc(N)n1. The molecule has 0 spiro atoms. The normalized spacial score (nSPS) is 19.9. The first-order chi connectivity index (χ1) is 16.8. The van der Waals surface area contributed by atoms with Crippen molar-refractivity contribution in [3.8, 4) is 0 Å².